The molecule has 1 saturated heterocycles. The highest BCUT2D eigenvalue weighted by Gasteiger charge is 2.50. The largest absolute Gasteiger partial charge is 0.377 e. The van der Waals surface area contributed by atoms with Crippen molar-refractivity contribution in [1.29, 1.82) is 0 Å². The average molecular weight is 252 g/mol. The third kappa shape index (κ3) is 2.14. The van der Waals surface area contributed by atoms with E-state index in [-0.39, 0.29) is 5.41 Å². The summed E-state index contributed by atoms with van der Waals surface area (Å²) in [7, 11) is 0. The van der Waals surface area contributed by atoms with Crippen LogP contribution in [0.25, 0.3) is 0 Å². The maximum Gasteiger partial charge on any atom is 0.0935 e. The van der Waals surface area contributed by atoms with E-state index in [4.69, 9.17) is 10.5 Å². The first-order valence-electron chi connectivity index (χ1n) is 6.46. The highest BCUT2D eigenvalue weighted by Crippen LogP contribution is 2.49. The lowest BCUT2D eigenvalue weighted by molar-refractivity contribution is 0.0344. The number of thiazole rings is 1. The summed E-state index contributed by atoms with van der Waals surface area (Å²) < 4.78 is 5.96. The van der Waals surface area contributed by atoms with Crippen molar-refractivity contribution in [2.75, 3.05) is 13.2 Å². The molecule has 2 aliphatic rings. The van der Waals surface area contributed by atoms with E-state index in [1.807, 2.05) is 0 Å². The van der Waals surface area contributed by atoms with Gasteiger partial charge in [0.25, 0.3) is 0 Å². The van der Waals surface area contributed by atoms with Crippen LogP contribution in [0, 0.1) is 18.3 Å². The van der Waals surface area contributed by atoms with Gasteiger partial charge in [0.2, 0.25) is 0 Å². The predicted octanol–water partition coefficient (Wildman–Crippen LogP) is 2.14. The van der Waals surface area contributed by atoms with Crippen LogP contribution >= 0.6 is 11.3 Å². The van der Waals surface area contributed by atoms with Crippen LogP contribution in [-0.4, -0.2) is 24.2 Å². The van der Waals surface area contributed by atoms with E-state index in [9.17, 15) is 0 Å². The molecule has 0 radical (unpaired) electrons. The van der Waals surface area contributed by atoms with Crippen molar-refractivity contribution in [3.63, 3.8) is 0 Å². The summed E-state index contributed by atoms with van der Waals surface area (Å²) in [6, 6.07) is 0. The summed E-state index contributed by atoms with van der Waals surface area (Å²) >= 11 is 1.76. The summed E-state index contributed by atoms with van der Waals surface area (Å²) in [5.74, 6) is 0.766. The van der Waals surface area contributed by atoms with E-state index >= 15 is 0 Å². The quantitative estimate of drug-likeness (QED) is 0.893. The van der Waals surface area contributed by atoms with Gasteiger partial charge in [-0.1, -0.05) is 0 Å². The number of aryl methyl sites for hydroxylation is 1. The second-order valence-corrected chi connectivity index (χ2v) is 6.45. The van der Waals surface area contributed by atoms with Crippen molar-refractivity contribution in [3.05, 3.63) is 16.1 Å². The number of rotatable bonds is 4. The Morgan fingerprint density at radius 2 is 2.41 bits per heavy atom. The molecule has 94 valence electrons. The monoisotopic (exact) mass is 252 g/mol. The molecular weight excluding hydrogens is 232 g/mol. The van der Waals surface area contributed by atoms with Crippen LogP contribution in [0.5, 0.6) is 0 Å². The summed E-state index contributed by atoms with van der Waals surface area (Å²) in [5.41, 5.74) is 7.36. The molecule has 0 aromatic carbocycles. The third-order valence-corrected chi connectivity index (χ3v) is 5.09. The predicted molar refractivity (Wildman–Crippen MR) is 69.1 cm³/mol. The number of nitrogens with two attached hydrogens (primary N) is 1. The molecule has 1 aliphatic heterocycles. The fraction of sp³-hybridized carbons (Fsp3) is 0.769. The molecule has 4 heteroatoms. The van der Waals surface area contributed by atoms with E-state index in [1.54, 1.807) is 11.3 Å². The molecule has 2 heterocycles. The van der Waals surface area contributed by atoms with Gasteiger partial charge in [-0.2, -0.15) is 0 Å². The van der Waals surface area contributed by atoms with E-state index in [1.165, 1.54) is 17.8 Å². The first kappa shape index (κ1) is 11.6. The zero-order chi connectivity index (χ0) is 11.9. The van der Waals surface area contributed by atoms with Gasteiger partial charge < -0.3 is 10.5 Å². The Kier molecular flexibility index (Phi) is 2.97. The first-order chi connectivity index (χ1) is 8.23. The number of hydrogen-bond acceptors (Lipinski definition) is 4. The normalized spacial score (nSPS) is 33.2. The lowest BCUT2D eigenvalue weighted by Gasteiger charge is -2.32. The maximum atomic E-state index is 6.08. The van der Waals surface area contributed by atoms with Crippen LogP contribution in [0.2, 0.25) is 0 Å². The fourth-order valence-electron chi connectivity index (χ4n) is 3.01. The average Bonchev–Trinajstić information content (AvgIpc) is 2.96. The van der Waals surface area contributed by atoms with Crippen molar-refractivity contribution in [3.8, 4) is 0 Å². The molecule has 2 unspecified atom stereocenters. The van der Waals surface area contributed by atoms with Crippen molar-refractivity contribution < 1.29 is 4.74 Å². The van der Waals surface area contributed by atoms with Crippen LogP contribution in [0.3, 0.4) is 0 Å². The lowest BCUT2D eigenvalue weighted by atomic mass is 9.76. The fourth-order valence-corrected chi connectivity index (χ4v) is 3.93. The molecule has 1 saturated carbocycles. The highest BCUT2D eigenvalue weighted by molar-refractivity contribution is 7.09. The molecule has 1 aliphatic carbocycles. The van der Waals surface area contributed by atoms with E-state index in [0.29, 0.717) is 6.10 Å². The molecule has 1 aromatic rings. The van der Waals surface area contributed by atoms with Crippen LogP contribution in [0.15, 0.2) is 5.38 Å². The Balaban J connectivity index is 1.80. The minimum atomic E-state index is 0.158. The van der Waals surface area contributed by atoms with Crippen LogP contribution in [0.4, 0.5) is 0 Å². The maximum absolute atomic E-state index is 6.08. The summed E-state index contributed by atoms with van der Waals surface area (Å²) in [6.07, 6.45) is 5.13. The van der Waals surface area contributed by atoms with Crippen molar-refractivity contribution in [2.24, 2.45) is 17.1 Å². The molecule has 2 fully saturated rings. The summed E-state index contributed by atoms with van der Waals surface area (Å²) in [6.45, 7) is 3.66. The number of aromatic nitrogens is 1. The molecule has 1 aromatic heterocycles. The SMILES string of the molecule is Cc1csc(CC2(CN)CCOC2C2CC2)n1. The van der Waals surface area contributed by atoms with Gasteiger partial charge in [-0.15, -0.1) is 11.3 Å². The second-order valence-electron chi connectivity index (χ2n) is 5.50. The Bertz CT molecular complexity index is 402. The van der Waals surface area contributed by atoms with Crippen molar-refractivity contribution >= 4 is 11.3 Å². The zero-order valence-electron chi connectivity index (χ0n) is 10.3. The number of hydrogen-bond donors (Lipinski definition) is 1. The molecular formula is C13H20N2OS. The standard InChI is InChI=1S/C13H20N2OS/c1-9-7-17-11(15-9)6-13(8-14)4-5-16-12(13)10-2-3-10/h7,10,12H,2-6,8,14H2,1H3. The van der Waals surface area contributed by atoms with E-state index < -0.39 is 0 Å². The van der Waals surface area contributed by atoms with Gasteiger partial charge in [-0.05, 0) is 32.1 Å². The van der Waals surface area contributed by atoms with Gasteiger partial charge in [0.15, 0.2) is 0 Å². The third-order valence-electron chi connectivity index (χ3n) is 4.13. The highest BCUT2D eigenvalue weighted by atomic mass is 32.1. The lowest BCUT2D eigenvalue weighted by Crippen LogP contribution is -2.41. The minimum absolute atomic E-state index is 0.158. The van der Waals surface area contributed by atoms with Gasteiger partial charge in [0.1, 0.15) is 0 Å². The zero-order valence-corrected chi connectivity index (χ0v) is 11.1. The molecule has 17 heavy (non-hydrogen) atoms. The molecule has 3 rings (SSSR count). The Morgan fingerprint density at radius 1 is 1.59 bits per heavy atom. The van der Waals surface area contributed by atoms with Gasteiger partial charge >= 0.3 is 0 Å². The van der Waals surface area contributed by atoms with Gasteiger partial charge in [0.05, 0.1) is 11.1 Å². The number of nitrogens with zero attached hydrogens (tertiary/aromatic N) is 1. The Labute approximate surface area is 106 Å². The van der Waals surface area contributed by atoms with Crippen molar-refractivity contribution in [1.82, 2.24) is 4.98 Å². The molecule has 0 bridgehead atoms. The Morgan fingerprint density at radius 3 is 3.00 bits per heavy atom. The minimum Gasteiger partial charge on any atom is -0.377 e. The molecule has 0 spiro atoms. The smallest absolute Gasteiger partial charge is 0.0935 e. The Hall–Kier alpha value is -0.450. The first-order valence-corrected chi connectivity index (χ1v) is 7.34. The number of ether oxygens (including phenoxy) is 1. The van der Waals surface area contributed by atoms with Gasteiger partial charge in [0, 0.05) is 36.1 Å². The van der Waals surface area contributed by atoms with Crippen LogP contribution in [-0.2, 0) is 11.2 Å². The van der Waals surface area contributed by atoms with E-state index in [0.717, 1.165) is 37.6 Å². The van der Waals surface area contributed by atoms with Crippen molar-refractivity contribution in [2.45, 2.75) is 38.7 Å². The topological polar surface area (TPSA) is 48.1 Å². The summed E-state index contributed by atoms with van der Waals surface area (Å²) in [4.78, 5) is 4.59. The molecule has 2 N–H and O–H groups in total. The molecule has 0 amide bonds. The molecule has 3 nitrogen and oxygen atoms in total. The van der Waals surface area contributed by atoms with Gasteiger partial charge in [-0.25, -0.2) is 4.98 Å². The van der Waals surface area contributed by atoms with Crippen LogP contribution < -0.4 is 5.73 Å². The molecule has 2 atom stereocenters. The second kappa shape index (κ2) is 4.34. The van der Waals surface area contributed by atoms with E-state index in [2.05, 4.69) is 17.3 Å². The van der Waals surface area contributed by atoms with Crippen LogP contribution in [0.1, 0.15) is 30.0 Å². The summed E-state index contributed by atoms with van der Waals surface area (Å²) in [5, 5.41) is 3.35. The van der Waals surface area contributed by atoms with Gasteiger partial charge in [-0.3, -0.25) is 0 Å².